The predicted octanol–water partition coefficient (Wildman–Crippen LogP) is 3.89. The first kappa shape index (κ1) is 20.2. The van der Waals surface area contributed by atoms with Gasteiger partial charge >= 0.3 is 0 Å². The van der Waals surface area contributed by atoms with Crippen LogP contribution in [0.25, 0.3) is 11.3 Å². The Morgan fingerprint density at radius 1 is 1.23 bits per heavy atom. The summed E-state index contributed by atoms with van der Waals surface area (Å²) >= 11 is 0. The highest BCUT2D eigenvalue weighted by Crippen LogP contribution is 2.29. The molecule has 6 nitrogen and oxygen atoms in total. The highest BCUT2D eigenvalue weighted by molar-refractivity contribution is 5.79. The maximum atomic E-state index is 13.9. The van der Waals surface area contributed by atoms with E-state index < -0.39 is 0 Å². The van der Waals surface area contributed by atoms with Gasteiger partial charge in [-0.05, 0) is 30.7 Å². The van der Waals surface area contributed by atoms with Crippen LogP contribution in [0.4, 0.5) is 4.39 Å². The van der Waals surface area contributed by atoms with Gasteiger partial charge in [0.05, 0.1) is 42.2 Å². The number of halogens is 1. The largest absolute Gasteiger partial charge is 0.368 e. The summed E-state index contributed by atoms with van der Waals surface area (Å²) in [7, 11) is 0. The molecule has 1 aliphatic rings. The number of benzene rings is 1. The minimum atomic E-state index is -0.360. The molecule has 0 unspecified atom stereocenters. The molecule has 3 heterocycles. The zero-order valence-electron chi connectivity index (χ0n) is 17.1. The highest BCUT2D eigenvalue weighted by atomic mass is 19.1. The molecule has 1 aromatic carbocycles. The second-order valence-electron chi connectivity index (χ2n) is 7.33. The van der Waals surface area contributed by atoms with Crippen molar-refractivity contribution >= 4 is 5.91 Å². The van der Waals surface area contributed by atoms with Crippen LogP contribution in [0, 0.1) is 12.7 Å². The fourth-order valence-corrected chi connectivity index (χ4v) is 3.73. The molecule has 0 spiro atoms. The summed E-state index contributed by atoms with van der Waals surface area (Å²) in [5.74, 6) is 0.317. The summed E-state index contributed by atoms with van der Waals surface area (Å²) in [6, 6.07) is 12.1. The molecule has 0 aliphatic carbocycles. The second kappa shape index (κ2) is 8.75. The van der Waals surface area contributed by atoms with Crippen molar-refractivity contribution in [2.24, 2.45) is 0 Å². The van der Waals surface area contributed by atoms with Crippen molar-refractivity contribution in [2.75, 3.05) is 19.7 Å². The third-order valence-electron chi connectivity index (χ3n) is 5.33. The van der Waals surface area contributed by atoms with E-state index in [-0.39, 0.29) is 24.2 Å². The van der Waals surface area contributed by atoms with Crippen LogP contribution in [-0.4, -0.2) is 40.6 Å². The molecule has 30 heavy (non-hydrogen) atoms. The number of hydrogen-bond acceptors (Lipinski definition) is 5. The summed E-state index contributed by atoms with van der Waals surface area (Å²) in [4.78, 5) is 19.2. The van der Waals surface area contributed by atoms with Crippen molar-refractivity contribution in [3.05, 3.63) is 71.0 Å². The van der Waals surface area contributed by atoms with Gasteiger partial charge in [-0.1, -0.05) is 36.3 Å². The monoisotopic (exact) mass is 409 g/mol. The van der Waals surface area contributed by atoms with Crippen LogP contribution < -0.4 is 0 Å². The molecule has 7 heteroatoms. The van der Waals surface area contributed by atoms with Gasteiger partial charge in [-0.2, -0.15) is 0 Å². The van der Waals surface area contributed by atoms with E-state index in [1.54, 1.807) is 23.1 Å². The number of amides is 1. The van der Waals surface area contributed by atoms with Crippen molar-refractivity contribution in [3.8, 4) is 11.3 Å². The first-order valence-corrected chi connectivity index (χ1v) is 10.1. The third-order valence-corrected chi connectivity index (χ3v) is 5.33. The van der Waals surface area contributed by atoms with E-state index in [9.17, 15) is 9.18 Å². The van der Waals surface area contributed by atoms with Gasteiger partial charge in [0.2, 0.25) is 5.91 Å². The minimum absolute atomic E-state index is 0.0343. The maximum Gasteiger partial charge on any atom is 0.227 e. The molecule has 1 fully saturated rings. The number of rotatable bonds is 5. The molecule has 3 aromatic rings. The number of hydrogen-bond donors (Lipinski definition) is 0. The number of pyridine rings is 1. The van der Waals surface area contributed by atoms with Crippen LogP contribution in [0.2, 0.25) is 0 Å². The number of nitrogens with zero attached hydrogens (tertiary/aromatic N) is 3. The molecule has 1 aliphatic heterocycles. The van der Waals surface area contributed by atoms with Crippen LogP contribution in [0.3, 0.4) is 0 Å². The summed E-state index contributed by atoms with van der Waals surface area (Å²) in [5.41, 5.74) is 3.63. The molecule has 0 bridgehead atoms. The lowest BCUT2D eigenvalue weighted by Crippen LogP contribution is -2.43. The number of aryl methyl sites for hydroxylation is 2. The topological polar surface area (TPSA) is 68.5 Å². The van der Waals surface area contributed by atoms with Gasteiger partial charge in [0.15, 0.2) is 0 Å². The van der Waals surface area contributed by atoms with Gasteiger partial charge in [-0.25, -0.2) is 9.37 Å². The summed E-state index contributed by atoms with van der Waals surface area (Å²) in [5, 5.41) is 4.06. The van der Waals surface area contributed by atoms with Crippen LogP contribution in [0.5, 0.6) is 0 Å². The number of ether oxygens (including phenoxy) is 1. The Morgan fingerprint density at radius 2 is 2.07 bits per heavy atom. The fraction of sp³-hybridized carbons (Fsp3) is 0.348. The van der Waals surface area contributed by atoms with E-state index in [1.807, 2.05) is 32.0 Å². The van der Waals surface area contributed by atoms with Gasteiger partial charge in [0.25, 0.3) is 0 Å². The minimum Gasteiger partial charge on any atom is -0.368 e. The average Bonchev–Trinajstić information content (AvgIpc) is 3.16. The fourth-order valence-electron chi connectivity index (χ4n) is 3.73. The Hall–Kier alpha value is -3.06. The van der Waals surface area contributed by atoms with E-state index in [0.717, 1.165) is 34.8 Å². The Kier molecular flexibility index (Phi) is 5.90. The molecule has 0 radical (unpaired) electrons. The maximum absolute atomic E-state index is 13.9. The summed E-state index contributed by atoms with van der Waals surface area (Å²) in [6.07, 6.45) is 0.418. The normalized spacial score (nSPS) is 16.6. The molecule has 1 saturated heterocycles. The van der Waals surface area contributed by atoms with Crippen LogP contribution in [0.1, 0.15) is 35.7 Å². The van der Waals surface area contributed by atoms with Crippen molar-refractivity contribution in [3.63, 3.8) is 0 Å². The van der Waals surface area contributed by atoms with Crippen molar-refractivity contribution in [1.82, 2.24) is 15.0 Å². The Bertz CT molecular complexity index is 1050. The molecule has 2 aromatic heterocycles. The Morgan fingerprint density at radius 3 is 2.87 bits per heavy atom. The summed E-state index contributed by atoms with van der Waals surface area (Å²) in [6.45, 7) is 5.18. The average molecular weight is 409 g/mol. The molecule has 4 rings (SSSR count). The van der Waals surface area contributed by atoms with Crippen LogP contribution >= 0.6 is 0 Å². The van der Waals surface area contributed by atoms with Gasteiger partial charge in [-0.15, -0.1) is 0 Å². The molecule has 156 valence electrons. The lowest BCUT2D eigenvalue weighted by Gasteiger charge is -2.33. The molecular formula is C23H24FN3O3. The Labute approximate surface area is 174 Å². The smallest absolute Gasteiger partial charge is 0.227 e. The zero-order chi connectivity index (χ0) is 21.1. The lowest BCUT2D eigenvalue weighted by molar-refractivity contribution is -0.138. The molecule has 1 atom stereocenters. The quantitative estimate of drug-likeness (QED) is 0.640. The van der Waals surface area contributed by atoms with Crippen molar-refractivity contribution < 1.29 is 18.4 Å². The van der Waals surface area contributed by atoms with Crippen LogP contribution in [0.15, 0.2) is 47.0 Å². The SMILES string of the molecule is CCc1onc(C)c1-c1cccc([C@@H]2CN(C(=O)Cc3ccccc3F)CCO2)n1. The number of carbonyl (C=O) groups excluding carboxylic acids is 1. The van der Waals surface area contributed by atoms with Crippen molar-refractivity contribution in [2.45, 2.75) is 32.8 Å². The van der Waals surface area contributed by atoms with E-state index in [4.69, 9.17) is 14.2 Å². The van der Waals surface area contributed by atoms with E-state index in [0.29, 0.717) is 25.3 Å². The standard InChI is InChI=1S/C23H24FN3O3/c1-3-20-23(15(2)26-30-20)19-10-6-9-18(25-19)21-14-27(11-12-29-21)22(28)13-16-7-4-5-8-17(16)24/h4-10,21H,3,11-14H2,1-2H3/t21-/m0/s1. The molecule has 0 N–H and O–H groups in total. The van der Waals surface area contributed by atoms with Gasteiger partial charge in [0.1, 0.15) is 17.7 Å². The lowest BCUT2D eigenvalue weighted by atomic mass is 10.1. The molecule has 0 saturated carbocycles. The van der Waals surface area contributed by atoms with Gasteiger partial charge < -0.3 is 14.2 Å². The Balaban J connectivity index is 1.52. The molecule has 1 amide bonds. The van der Waals surface area contributed by atoms with E-state index >= 15 is 0 Å². The van der Waals surface area contributed by atoms with Crippen LogP contribution in [-0.2, 0) is 22.4 Å². The van der Waals surface area contributed by atoms with Crippen molar-refractivity contribution in [1.29, 1.82) is 0 Å². The number of aromatic nitrogens is 2. The highest BCUT2D eigenvalue weighted by Gasteiger charge is 2.27. The molecular weight excluding hydrogens is 385 g/mol. The first-order chi connectivity index (χ1) is 14.6. The second-order valence-corrected chi connectivity index (χ2v) is 7.33. The van der Waals surface area contributed by atoms with Gasteiger partial charge in [-0.3, -0.25) is 4.79 Å². The van der Waals surface area contributed by atoms with E-state index in [1.165, 1.54) is 6.07 Å². The number of morpholine rings is 1. The zero-order valence-corrected chi connectivity index (χ0v) is 17.1. The predicted molar refractivity (Wildman–Crippen MR) is 109 cm³/mol. The van der Waals surface area contributed by atoms with Gasteiger partial charge in [0, 0.05) is 13.0 Å². The van der Waals surface area contributed by atoms with E-state index in [2.05, 4.69) is 5.16 Å². The first-order valence-electron chi connectivity index (χ1n) is 10.1. The third kappa shape index (κ3) is 4.11. The summed E-state index contributed by atoms with van der Waals surface area (Å²) < 4.78 is 25.2. The number of carbonyl (C=O) groups is 1.